The molecule has 288 valence electrons. The first-order valence-electron chi connectivity index (χ1n) is 16.0. The number of aldehydes is 1. The first-order chi connectivity index (χ1) is 26.2. The number of phenols is 2. The predicted molar refractivity (Wildman–Crippen MR) is 216 cm³/mol. The maximum absolute atomic E-state index is 13.1. The quantitative estimate of drug-likeness (QED) is 0.114. The fourth-order valence-electron chi connectivity index (χ4n) is 4.39. The number of benzene rings is 4. The van der Waals surface area contributed by atoms with E-state index in [4.69, 9.17) is 43.8 Å². The van der Waals surface area contributed by atoms with Gasteiger partial charge in [-0.15, -0.1) is 0 Å². The number of amides is 2. The number of carbonyl (C=O) groups is 4. The molecule has 0 bridgehead atoms. The summed E-state index contributed by atoms with van der Waals surface area (Å²) in [5.74, 6) is -0.931. The Morgan fingerprint density at radius 3 is 1.68 bits per heavy atom. The first kappa shape index (κ1) is 47.8. The Hall–Kier alpha value is -4.36. The van der Waals surface area contributed by atoms with Gasteiger partial charge in [-0.2, -0.15) is 0 Å². The largest absolute Gasteiger partial charge is 1.00 e. The Labute approximate surface area is 363 Å². The predicted octanol–water partition coefficient (Wildman–Crippen LogP) is 3.89. The number of aromatic hydroxyl groups is 2. The molecule has 2 aliphatic heterocycles. The number of thioether (sulfide) groups is 2. The number of carboxylic acids is 1. The normalized spacial score (nSPS) is 13.7. The molecule has 6 rings (SSSR count). The maximum Gasteiger partial charge on any atom is 1.00 e. The number of hydrogen-bond donors (Lipinski definition) is 2. The average Bonchev–Trinajstić information content (AvgIpc) is 3.63. The molecule has 2 saturated heterocycles. The number of halogens is 2. The number of rotatable bonds is 8. The van der Waals surface area contributed by atoms with Gasteiger partial charge in [-0.05, 0) is 111 Å². The summed E-state index contributed by atoms with van der Waals surface area (Å²) in [6.07, 6.45) is 2.40. The number of nitrogens with zero attached hydrogens (tertiary/aromatic N) is 2. The molecule has 0 radical (unpaired) electrons. The van der Waals surface area contributed by atoms with Crippen LogP contribution in [0.15, 0.2) is 89.8 Å². The van der Waals surface area contributed by atoms with Crippen LogP contribution in [0.2, 0.25) is 0 Å². The topological polar surface area (TPSA) is 157 Å². The molecule has 2 amide bonds. The van der Waals surface area contributed by atoms with E-state index in [2.05, 4.69) is 0 Å². The van der Waals surface area contributed by atoms with Gasteiger partial charge in [-0.25, -0.2) is 8.78 Å². The zero-order valence-corrected chi connectivity index (χ0v) is 35.7. The van der Waals surface area contributed by atoms with Crippen LogP contribution >= 0.6 is 48.0 Å². The van der Waals surface area contributed by atoms with Crippen LogP contribution in [0.5, 0.6) is 23.0 Å². The van der Waals surface area contributed by atoms with E-state index in [0.717, 1.165) is 6.92 Å². The molecule has 2 fully saturated rings. The van der Waals surface area contributed by atoms with Gasteiger partial charge in [0.2, 0.25) is 5.91 Å². The molecular formula is C38H33F2N2NaO9S4. The second-order valence-electron chi connectivity index (χ2n) is 10.7. The molecule has 2 N–H and O–H groups in total. The Balaban J connectivity index is 0.000000296. The van der Waals surface area contributed by atoms with Crippen LogP contribution in [0.1, 0.15) is 36.7 Å². The van der Waals surface area contributed by atoms with Gasteiger partial charge in [0.25, 0.3) is 5.91 Å². The molecule has 2 aliphatic rings. The van der Waals surface area contributed by atoms with E-state index in [1.54, 1.807) is 30.3 Å². The van der Waals surface area contributed by atoms with Crippen molar-refractivity contribution in [2.24, 2.45) is 0 Å². The van der Waals surface area contributed by atoms with Crippen LogP contribution in [0.25, 0.3) is 6.08 Å². The summed E-state index contributed by atoms with van der Waals surface area (Å²) in [5, 5.41) is 27.9. The van der Waals surface area contributed by atoms with Gasteiger partial charge in [0, 0.05) is 11.5 Å². The minimum atomic E-state index is -1.08. The van der Waals surface area contributed by atoms with Crippen LogP contribution in [-0.2, 0) is 14.4 Å². The van der Waals surface area contributed by atoms with Crippen molar-refractivity contribution in [3.8, 4) is 23.0 Å². The van der Waals surface area contributed by atoms with Crippen LogP contribution in [0.4, 0.5) is 20.2 Å². The van der Waals surface area contributed by atoms with E-state index in [9.17, 15) is 33.4 Å². The fraction of sp³-hybridized carbons (Fsp3) is 0.158. The van der Waals surface area contributed by atoms with Crippen molar-refractivity contribution < 1.29 is 82.3 Å². The molecule has 0 spiro atoms. The van der Waals surface area contributed by atoms with Crippen LogP contribution in [0.3, 0.4) is 0 Å². The summed E-state index contributed by atoms with van der Waals surface area (Å²) >= 11 is 12.8. The van der Waals surface area contributed by atoms with Crippen molar-refractivity contribution >= 4 is 98.1 Å². The molecular weight excluding hydrogens is 818 g/mol. The Morgan fingerprint density at radius 2 is 1.25 bits per heavy atom. The van der Waals surface area contributed by atoms with Gasteiger partial charge in [-0.3, -0.25) is 24.2 Å². The summed E-state index contributed by atoms with van der Waals surface area (Å²) < 4.78 is 37.0. The molecule has 0 unspecified atom stereocenters. The second-order valence-corrected chi connectivity index (χ2v) is 14.0. The van der Waals surface area contributed by atoms with Crippen molar-refractivity contribution in [3.63, 3.8) is 0 Å². The van der Waals surface area contributed by atoms with Crippen molar-refractivity contribution in [2.45, 2.75) is 20.8 Å². The maximum atomic E-state index is 13.1. The average molecular weight is 851 g/mol. The summed E-state index contributed by atoms with van der Waals surface area (Å²) in [4.78, 5) is 46.5. The van der Waals surface area contributed by atoms with Gasteiger partial charge in [0.15, 0.2) is 27.3 Å². The van der Waals surface area contributed by atoms with E-state index >= 15 is 0 Å². The number of carbonyl (C=O) groups excluding carboxylic acids is 4. The molecule has 18 heteroatoms. The monoisotopic (exact) mass is 850 g/mol. The number of carboxylic acid groups (broad SMARTS) is 1. The van der Waals surface area contributed by atoms with Crippen LogP contribution < -0.4 is 53.9 Å². The van der Waals surface area contributed by atoms with Crippen molar-refractivity contribution in [1.82, 2.24) is 0 Å². The third kappa shape index (κ3) is 14.3. The SMILES string of the molecule is CC(=O)[O-].CCOc1cc(/C=C2\SC(=S)N(c3ccc(F)cc3)C2=O)ccc1O.CCOc1cc(C=O)ccc1O.O=C1CSC(=S)N1c1ccc(F)cc1.[Na+]. The van der Waals surface area contributed by atoms with E-state index in [1.165, 1.54) is 94.0 Å². The zero-order valence-electron chi connectivity index (χ0n) is 30.4. The Bertz CT molecular complexity index is 2050. The molecule has 0 saturated carbocycles. The summed E-state index contributed by atoms with van der Waals surface area (Å²) in [6, 6.07) is 20.6. The van der Waals surface area contributed by atoms with E-state index in [0.29, 0.717) is 72.8 Å². The first-order valence-corrected chi connectivity index (χ1v) is 18.6. The molecule has 4 aromatic rings. The summed E-state index contributed by atoms with van der Waals surface area (Å²) in [6.45, 7) is 5.49. The number of thiocarbonyl (C=S) groups is 2. The second kappa shape index (κ2) is 23.6. The van der Waals surface area contributed by atoms with Crippen molar-refractivity contribution in [1.29, 1.82) is 0 Å². The van der Waals surface area contributed by atoms with Crippen molar-refractivity contribution in [2.75, 3.05) is 28.8 Å². The molecule has 56 heavy (non-hydrogen) atoms. The Kier molecular flexibility index (Phi) is 20.2. The van der Waals surface area contributed by atoms with Gasteiger partial charge >= 0.3 is 29.6 Å². The van der Waals surface area contributed by atoms with Crippen LogP contribution in [0, 0.1) is 11.6 Å². The van der Waals surface area contributed by atoms with Crippen molar-refractivity contribution in [3.05, 3.63) is 113 Å². The molecule has 11 nitrogen and oxygen atoms in total. The van der Waals surface area contributed by atoms with Gasteiger partial charge < -0.3 is 29.6 Å². The Morgan fingerprint density at radius 1 is 0.804 bits per heavy atom. The molecule has 4 aromatic carbocycles. The number of aliphatic carboxylic acids is 1. The van der Waals surface area contributed by atoms with E-state index < -0.39 is 5.97 Å². The van der Waals surface area contributed by atoms with Gasteiger partial charge in [0.1, 0.15) is 22.2 Å². The minimum Gasteiger partial charge on any atom is -0.550 e. The number of anilines is 2. The number of ether oxygens (including phenoxy) is 2. The number of phenolic OH excluding ortho intramolecular Hbond substituents is 2. The standard InChI is InChI=1S/C18H14FNO3S2.C9H6FNOS2.C9H10O3.C2H4O2.Na/c1-2-23-15-9-11(3-8-14(15)21)10-16-17(22)20(18(24)25-16)13-6-4-12(19)5-7-13;10-6-1-3-7(4-2-6)11-8(12)5-14-9(11)13;1-2-12-9-5-7(6-10)3-4-8(9)11;1-2(3)4;/h3-10,21H,2H2,1H3;1-4H,5H2;3-6,11H,2H2,1H3;1H3,(H,3,4);/q;;;;+1/p-1/b16-10-;;;;. The third-order valence-corrected chi connectivity index (χ3v) is 9.37. The van der Waals surface area contributed by atoms with Crippen LogP contribution in [-0.4, -0.2) is 61.9 Å². The molecule has 2 heterocycles. The smallest absolute Gasteiger partial charge is 0.550 e. The summed E-state index contributed by atoms with van der Waals surface area (Å²) in [5.41, 5.74) is 2.36. The molecule has 0 aliphatic carbocycles. The molecule has 0 atom stereocenters. The van der Waals surface area contributed by atoms with E-state index in [1.807, 2.05) is 13.8 Å². The zero-order chi connectivity index (χ0) is 40.7. The fourth-order valence-corrected chi connectivity index (χ4v) is 6.79. The van der Waals surface area contributed by atoms with Gasteiger partial charge in [-0.1, -0.05) is 54.0 Å². The summed E-state index contributed by atoms with van der Waals surface area (Å²) in [7, 11) is 0. The van der Waals surface area contributed by atoms with E-state index in [-0.39, 0.29) is 64.5 Å². The number of hydrogen-bond acceptors (Lipinski definition) is 13. The minimum absolute atomic E-state index is 0. The third-order valence-electron chi connectivity index (χ3n) is 6.72. The molecule has 0 aromatic heterocycles. The van der Waals surface area contributed by atoms with Gasteiger partial charge in [0.05, 0.1) is 35.2 Å².